The largest absolute Gasteiger partial charge is 0.458 e. The van der Waals surface area contributed by atoms with Crippen molar-refractivity contribution in [2.45, 2.75) is 6.92 Å². The van der Waals surface area contributed by atoms with Gasteiger partial charge in [-0.05, 0) is 30.7 Å². The number of ether oxygens (including phenoxy) is 1. The van der Waals surface area contributed by atoms with E-state index in [2.05, 4.69) is 22.5 Å². The summed E-state index contributed by atoms with van der Waals surface area (Å²) < 4.78 is 5.85. The van der Waals surface area contributed by atoms with Crippen molar-refractivity contribution in [2.24, 2.45) is 0 Å². The molecule has 0 unspecified atom stereocenters. The number of carbonyl (C=O) groups is 1. The van der Waals surface area contributed by atoms with Crippen LogP contribution in [-0.2, 0) is 4.74 Å². The van der Waals surface area contributed by atoms with Crippen LogP contribution in [0, 0.1) is 0 Å². The van der Waals surface area contributed by atoms with Crippen molar-refractivity contribution in [2.75, 3.05) is 6.61 Å². The van der Waals surface area contributed by atoms with Gasteiger partial charge in [0.05, 0.1) is 5.56 Å². The first-order chi connectivity index (χ1) is 6.59. The van der Waals surface area contributed by atoms with Gasteiger partial charge in [0.1, 0.15) is 6.61 Å². The molecular formula is C11H11BrO2. The van der Waals surface area contributed by atoms with Crippen LogP contribution >= 0.6 is 15.9 Å². The summed E-state index contributed by atoms with van der Waals surface area (Å²) in [5, 5.41) is 0. The quantitative estimate of drug-likeness (QED) is 0.612. The summed E-state index contributed by atoms with van der Waals surface area (Å²) in [6.07, 6.45) is 0. The molecule has 1 rings (SSSR count). The average Bonchev–Trinajstić information content (AvgIpc) is 2.14. The van der Waals surface area contributed by atoms with Crippen LogP contribution in [0.25, 0.3) is 0 Å². The SMILES string of the molecule is C=C(C)COC(=O)c1cccc(Br)c1. The van der Waals surface area contributed by atoms with E-state index in [1.54, 1.807) is 18.2 Å². The lowest BCUT2D eigenvalue weighted by Crippen LogP contribution is -2.06. The molecule has 0 aliphatic heterocycles. The van der Waals surface area contributed by atoms with Gasteiger partial charge in [0.15, 0.2) is 0 Å². The van der Waals surface area contributed by atoms with E-state index in [4.69, 9.17) is 4.74 Å². The zero-order chi connectivity index (χ0) is 10.6. The van der Waals surface area contributed by atoms with E-state index in [0.29, 0.717) is 5.56 Å². The van der Waals surface area contributed by atoms with Gasteiger partial charge < -0.3 is 4.74 Å². The summed E-state index contributed by atoms with van der Waals surface area (Å²) in [6, 6.07) is 7.09. The molecule has 74 valence electrons. The van der Waals surface area contributed by atoms with Crippen molar-refractivity contribution in [3.63, 3.8) is 0 Å². The predicted molar refractivity (Wildman–Crippen MR) is 59.2 cm³/mol. The summed E-state index contributed by atoms with van der Waals surface area (Å²) >= 11 is 3.29. The molecule has 0 aromatic heterocycles. The minimum atomic E-state index is -0.325. The summed E-state index contributed by atoms with van der Waals surface area (Å²) in [5.41, 5.74) is 1.37. The molecule has 0 atom stereocenters. The molecule has 0 heterocycles. The van der Waals surface area contributed by atoms with Crippen molar-refractivity contribution >= 4 is 21.9 Å². The van der Waals surface area contributed by atoms with Gasteiger partial charge in [-0.15, -0.1) is 0 Å². The second kappa shape index (κ2) is 4.96. The maximum atomic E-state index is 11.4. The van der Waals surface area contributed by atoms with Gasteiger partial charge in [-0.1, -0.05) is 28.6 Å². The lowest BCUT2D eigenvalue weighted by molar-refractivity contribution is 0.0540. The first-order valence-electron chi connectivity index (χ1n) is 4.16. The van der Waals surface area contributed by atoms with Crippen LogP contribution in [0.3, 0.4) is 0 Å². The molecule has 2 nitrogen and oxygen atoms in total. The van der Waals surface area contributed by atoms with Gasteiger partial charge in [0.25, 0.3) is 0 Å². The minimum Gasteiger partial charge on any atom is -0.458 e. The van der Waals surface area contributed by atoms with Gasteiger partial charge in [-0.3, -0.25) is 0 Å². The Bertz CT molecular complexity index is 358. The van der Waals surface area contributed by atoms with Gasteiger partial charge in [0, 0.05) is 4.47 Å². The van der Waals surface area contributed by atoms with Crippen molar-refractivity contribution in [1.29, 1.82) is 0 Å². The summed E-state index contributed by atoms with van der Waals surface area (Å²) in [7, 11) is 0. The molecule has 1 aromatic rings. The Kier molecular flexibility index (Phi) is 3.89. The maximum Gasteiger partial charge on any atom is 0.338 e. The fraction of sp³-hybridized carbons (Fsp3) is 0.182. The Morgan fingerprint density at radius 1 is 1.57 bits per heavy atom. The Hall–Kier alpha value is -1.09. The number of esters is 1. The molecule has 0 aliphatic rings. The van der Waals surface area contributed by atoms with E-state index in [1.165, 1.54) is 0 Å². The Morgan fingerprint density at radius 2 is 2.29 bits per heavy atom. The Balaban J connectivity index is 2.65. The molecular weight excluding hydrogens is 244 g/mol. The molecule has 3 heteroatoms. The summed E-state index contributed by atoms with van der Waals surface area (Å²) in [4.78, 5) is 11.4. The van der Waals surface area contributed by atoms with Crippen LogP contribution in [0.5, 0.6) is 0 Å². The average molecular weight is 255 g/mol. The van der Waals surface area contributed by atoms with Crippen LogP contribution < -0.4 is 0 Å². The molecule has 0 bridgehead atoms. The van der Waals surface area contributed by atoms with Crippen LogP contribution in [0.4, 0.5) is 0 Å². The molecule has 0 amide bonds. The summed E-state index contributed by atoms with van der Waals surface area (Å²) in [5.74, 6) is -0.325. The molecule has 0 saturated heterocycles. The van der Waals surface area contributed by atoms with E-state index in [-0.39, 0.29) is 12.6 Å². The van der Waals surface area contributed by atoms with E-state index in [1.807, 2.05) is 13.0 Å². The lowest BCUT2D eigenvalue weighted by Gasteiger charge is -2.03. The normalized spacial score (nSPS) is 9.57. The monoisotopic (exact) mass is 254 g/mol. The molecule has 14 heavy (non-hydrogen) atoms. The third-order valence-electron chi connectivity index (χ3n) is 1.51. The van der Waals surface area contributed by atoms with Crippen LogP contribution in [0.2, 0.25) is 0 Å². The lowest BCUT2D eigenvalue weighted by atomic mass is 10.2. The molecule has 1 aromatic carbocycles. The van der Waals surface area contributed by atoms with Gasteiger partial charge in [0.2, 0.25) is 0 Å². The Morgan fingerprint density at radius 3 is 2.86 bits per heavy atom. The minimum absolute atomic E-state index is 0.269. The zero-order valence-corrected chi connectivity index (χ0v) is 9.50. The first-order valence-corrected chi connectivity index (χ1v) is 4.96. The maximum absolute atomic E-state index is 11.4. The van der Waals surface area contributed by atoms with Gasteiger partial charge in [-0.25, -0.2) is 4.79 Å². The highest BCUT2D eigenvalue weighted by molar-refractivity contribution is 9.10. The van der Waals surface area contributed by atoms with Crippen LogP contribution in [0.1, 0.15) is 17.3 Å². The second-order valence-electron chi connectivity index (χ2n) is 3.04. The highest BCUT2D eigenvalue weighted by Crippen LogP contribution is 2.12. The summed E-state index contributed by atoms with van der Waals surface area (Å²) in [6.45, 7) is 5.73. The topological polar surface area (TPSA) is 26.3 Å². The number of benzene rings is 1. The van der Waals surface area contributed by atoms with Crippen molar-refractivity contribution in [3.05, 3.63) is 46.5 Å². The number of hydrogen-bond donors (Lipinski definition) is 0. The van der Waals surface area contributed by atoms with Gasteiger partial charge in [-0.2, -0.15) is 0 Å². The van der Waals surface area contributed by atoms with Gasteiger partial charge >= 0.3 is 5.97 Å². The molecule has 0 saturated carbocycles. The van der Waals surface area contributed by atoms with E-state index in [9.17, 15) is 4.79 Å². The number of rotatable bonds is 3. The number of hydrogen-bond acceptors (Lipinski definition) is 2. The predicted octanol–water partition coefficient (Wildman–Crippen LogP) is 3.18. The molecule has 0 radical (unpaired) electrons. The van der Waals surface area contributed by atoms with E-state index >= 15 is 0 Å². The van der Waals surface area contributed by atoms with Crippen LogP contribution in [0.15, 0.2) is 40.9 Å². The van der Waals surface area contributed by atoms with Crippen LogP contribution in [-0.4, -0.2) is 12.6 Å². The standard InChI is InChI=1S/C11H11BrO2/c1-8(2)7-14-11(13)9-4-3-5-10(12)6-9/h3-6H,1,7H2,2H3. The molecule has 0 spiro atoms. The molecule has 0 fully saturated rings. The van der Waals surface area contributed by atoms with Crippen molar-refractivity contribution in [1.82, 2.24) is 0 Å². The first kappa shape index (κ1) is 11.0. The van der Waals surface area contributed by atoms with E-state index in [0.717, 1.165) is 10.0 Å². The smallest absolute Gasteiger partial charge is 0.338 e. The molecule has 0 N–H and O–H groups in total. The molecule has 0 aliphatic carbocycles. The fourth-order valence-corrected chi connectivity index (χ4v) is 1.29. The van der Waals surface area contributed by atoms with E-state index < -0.39 is 0 Å². The fourth-order valence-electron chi connectivity index (χ4n) is 0.888. The third-order valence-corrected chi connectivity index (χ3v) is 2.00. The van der Waals surface area contributed by atoms with Crippen molar-refractivity contribution < 1.29 is 9.53 Å². The second-order valence-corrected chi connectivity index (χ2v) is 3.96. The zero-order valence-electron chi connectivity index (χ0n) is 7.92. The highest BCUT2D eigenvalue weighted by atomic mass is 79.9. The Labute approximate surface area is 91.7 Å². The third kappa shape index (κ3) is 3.34. The highest BCUT2D eigenvalue weighted by Gasteiger charge is 2.06. The number of carbonyl (C=O) groups excluding carboxylic acids is 1. The van der Waals surface area contributed by atoms with Crippen molar-refractivity contribution in [3.8, 4) is 0 Å². The number of halogens is 1.